The zero-order valence-electron chi connectivity index (χ0n) is 10.3. The number of fused-ring (bicyclic) bond motifs is 1. The third-order valence-corrected chi connectivity index (χ3v) is 4.19. The first kappa shape index (κ1) is 13.0. The topological polar surface area (TPSA) is 71.4 Å². The van der Waals surface area contributed by atoms with Crippen LogP contribution >= 0.6 is 22.9 Å². The molecule has 3 heterocycles. The third-order valence-electron chi connectivity index (χ3n) is 2.90. The molecule has 6 nitrogen and oxygen atoms in total. The Balaban J connectivity index is 2.10. The van der Waals surface area contributed by atoms with Crippen LogP contribution in [0.5, 0.6) is 0 Å². The van der Waals surface area contributed by atoms with Crippen LogP contribution in [0.25, 0.3) is 10.3 Å². The molecule has 0 aromatic carbocycles. The van der Waals surface area contributed by atoms with Gasteiger partial charge in [0.15, 0.2) is 10.6 Å². The maximum Gasteiger partial charge on any atom is 0.225 e. The van der Waals surface area contributed by atoms with Crippen LogP contribution in [0, 0.1) is 0 Å². The van der Waals surface area contributed by atoms with E-state index in [1.54, 1.807) is 6.92 Å². The average molecular weight is 301 g/mol. The van der Waals surface area contributed by atoms with Crippen LogP contribution in [0.15, 0.2) is 0 Å². The van der Waals surface area contributed by atoms with Gasteiger partial charge >= 0.3 is 0 Å². The number of aliphatic hydroxyl groups excluding tert-OH is 1. The van der Waals surface area contributed by atoms with Gasteiger partial charge in [0, 0.05) is 13.1 Å². The number of halogens is 1. The summed E-state index contributed by atoms with van der Waals surface area (Å²) in [7, 11) is 0. The fourth-order valence-electron chi connectivity index (χ4n) is 1.97. The van der Waals surface area contributed by atoms with Gasteiger partial charge in [0.05, 0.1) is 13.2 Å². The normalized spacial score (nSPS) is 17.9. The van der Waals surface area contributed by atoms with Crippen molar-refractivity contribution in [1.29, 1.82) is 0 Å². The van der Waals surface area contributed by atoms with Crippen LogP contribution in [0.2, 0.25) is 5.28 Å². The molecule has 2 aromatic heterocycles. The number of hydrogen-bond donors (Lipinski definition) is 1. The van der Waals surface area contributed by atoms with E-state index >= 15 is 0 Å². The molecule has 1 fully saturated rings. The lowest BCUT2D eigenvalue weighted by molar-refractivity contribution is 0.122. The molecule has 1 N–H and O–H groups in total. The van der Waals surface area contributed by atoms with Gasteiger partial charge in [-0.25, -0.2) is 9.97 Å². The van der Waals surface area contributed by atoms with Gasteiger partial charge in [-0.1, -0.05) is 11.3 Å². The molecule has 0 saturated carbocycles. The second kappa shape index (κ2) is 5.16. The van der Waals surface area contributed by atoms with Gasteiger partial charge in [-0.15, -0.1) is 0 Å². The lowest BCUT2D eigenvalue weighted by atomic mass is 10.4. The highest BCUT2D eigenvalue weighted by Gasteiger charge is 2.21. The Morgan fingerprint density at radius 2 is 2.05 bits per heavy atom. The molecular formula is C11H13ClN4O2S. The second-order valence-corrected chi connectivity index (χ2v) is 5.64. The minimum atomic E-state index is -0.615. The van der Waals surface area contributed by atoms with E-state index in [-0.39, 0.29) is 5.28 Å². The molecule has 0 bridgehead atoms. The fourth-order valence-corrected chi connectivity index (χ4v) is 3.06. The van der Waals surface area contributed by atoms with Crippen molar-refractivity contribution in [3.8, 4) is 0 Å². The van der Waals surface area contributed by atoms with Crippen molar-refractivity contribution in [1.82, 2.24) is 15.0 Å². The van der Waals surface area contributed by atoms with Crippen molar-refractivity contribution in [3.63, 3.8) is 0 Å². The minimum Gasteiger partial charge on any atom is -0.386 e. The lowest BCUT2D eigenvalue weighted by Crippen LogP contribution is -2.37. The summed E-state index contributed by atoms with van der Waals surface area (Å²) in [6.45, 7) is 4.52. The molecule has 1 unspecified atom stereocenters. The van der Waals surface area contributed by atoms with Crippen LogP contribution in [0.4, 0.5) is 5.82 Å². The van der Waals surface area contributed by atoms with Crippen LogP contribution in [0.3, 0.4) is 0 Å². The van der Waals surface area contributed by atoms with Crippen molar-refractivity contribution >= 4 is 39.1 Å². The number of rotatable bonds is 2. The van der Waals surface area contributed by atoms with Crippen LogP contribution in [0.1, 0.15) is 18.0 Å². The summed E-state index contributed by atoms with van der Waals surface area (Å²) in [4.78, 5) is 15.7. The van der Waals surface area contributed by atoms with E-state index in [9.17, 15) is 5.11 Å². The summed E-state index contributed by atoms with van der Waals surface area (Å²) >= 11 is 7.31. The number of aliphatic hydroxyl groups is 1. The Bertz CT molecular complexity index is 598. The molecule has 1 atom stereocenters. The number of nitrogens with zero attached hydrogens (tertiary/aromatic N) is 4. The average Bonchev–Trinajstić information content (AvgIpc) is 2.82. The Labute approximate surface area is 119 Å². The molecule has 8 heteroatoms. The monoisotopic (exact) mass is 300 g/mol. The highest BCUT2D eigenvalue weighted by Crippen LogP contribution is 2.31. The summed E-state index contributed by atoms with van der Waals surface area (Å²) in [6.07, 6.45) is -0.615. The van der Waals surface area contributed by atoms with Crippen LogP contribution in [-0.2, 0) is 4.74 Å². The first-order valence-electron chi connectivity index (χ1n) is 6.00. The van der Waals surface area contributed by atoms with Gasteiger partial charge < -0.3 is 14.7 Å². The minimum absolute atomic E-state index is 0.204. The van der Waals surface area contributed by atoms with E-state index in [4.69, 9.17) is 16.3 Å². The van der Waals surface area contributed by atoms with Crippen LogP contribution in [-0.4, -0.2) is 46.4 Å². The van der Waals surface area contributed by atoms with E-state index in [0.717, 1.165) is 18.9 Å². The molecule has 102 valence electrons. The highest BCUT2D eigenvalue weighted by molar-refractivity contribution is 7.18. The number of thiazole rings is 1. The Kier molecular flexibility index (Phi) is 3.53. The van der Waals surface area contributed by atoms with Gasteiger partial charge in [-0.3, -0.25) is 0 Å². The van der Waals surface area contributed by atoms with Gasteiger partial charge in [-0.2, -0.15) is 4.98 Å². The molecule has 0 aliphatic carbocycles. The Hall–Kier alpha value is -1.02. The van der Waals surface area contributed by atoms with E-state index in [1.165, 1.54) is 11.3 Å². The van der Waals surface area contributed by atoms with Crippen molar-refractivity contribution in [3.05, 3.63) is 10.3 Å². The standard InChI is InChI=1S/C11H13ClN4O2S/c1-6(17)9-13-7-8(16-2-4-18-5-3-16)14-11(12)15-10(7)19-9/h6,17H,2-5H2,1H3. The molecule has 2 aromatic rings. The molecule has 0 spiro atoms. The molecular weight excluding hydrogens is 288 g/mol. The zero-order valence-corrected chi connectivity index (χ0v) is 11.9. The van der Waals surface area contributed by atoms with Crippen molar-refractivity contribution in [2.45, 2.75) is 13.0 Å². The fraction of sp³-hybridized carbons (Fsp3) is 0.545. The molecule has 0 radical (unpaired) electrons. The molecule has 1 aliphatic heterocycles. The summed E-state index contributed by atoms with van der Waals surface area (Å²) in [5.74, 6) is 0.724. The predicted molar refractivity (Wildman–Crippen MR) is 73.9 cm³/mol. The summed E-state index contributed by atoms with van der Waals surface area (Å²) in [6, 6.07) is 0. The molecule has 3 rings (SSSR count). The van der Waals surface area contributed by atoms with Gasteiger partial charge in [0.25, 0.3) is 0 Å². The number of morpholine rings is 1. The third kappa shape index (κ3) is 2.51. The number of hydrogen-bond acceptors (Lipinski definition) is 7. The molecule has 0 amide bonds. The largest absolute Gasteiger partial charge is 0.386 e. The number of ether oxygens (including phenoxy) is 1. The van der Waals surface area contributed by atoms with Crippen molar-refractivity contribution in [2.24, 2.45) is 0 Å². The van der Waals surface area contributed by atoms with E-state index < -0.39 is 6.10 Å². The smallest absolute Gasteiger partial charge is 0.225 e. The number of anilines is 1. The van der Waals surface area contributed by atoms with Gasteiger partial charge in [0.1, 0.15) is 16.6 Å². The first-order chi connectivity index (χ1) is 9.15. The molecule has 1 aliphatic rings. The molecule has 19 heavy (non-hydrogen) atoms. The van der Waals surface area contributed by atoms with Gasteiger partial charge in [-0.05, 0) is 18.5 Å². The maximum absolute atomic E-state index is 9.63. The second-order valence-electron chi connectivity index (χ2n) is 4.30. The summed E-state index contributed by atoms with van der Waals surface area (Å²) in [5.41, 5.74) is 0.701. The van der Waals surface area contributed by atoms with E-state index in [1.807, 2.05) is 0 Å². The highest BCUT2D eigenvalue weighted by atomic mass is 35.5. The maximum atomic E-state index is 9.63. The van der Waals surface area contributed by atoms with E-state index in [0.29, 0.717) is 28.6 Å². The molecule has 1 saturated heterocycles. The van der Waals surface area contributed by atoms with Crippen molar-refractivity contribution in [2.75, 3.05) is 31.2 Å². The van der Waals surface area contributed by atoms with Gasteiger partial charge in [0.2, 0.25) is 5.28 Å². The Morgan fingerprint density at radius 1 is 1.32 bits per heavy atom. The number of aromatic nitrogens is 3. The lowest BCUT2D eigenvalue weighted by Gasteiger charge is -2.27. The quantitative estimate of drug-likeness (QED) is 0.850. The Morgan fingerprint density at radius 3 is 2.74 bits per heavy atom. The van der Waals surface area contributed by atoms with Crippen molar-refractivity contribution < 1.29 is 9.84 Å². The summed E-state index contributed by atoms with van der Waals surface area (Å²) < 4.78 is 5.33. The predicted octanol–water partition coefficient (Wildman–Crippen LogP) is 1.63. The summed E-state index contributed by atoms with van der Waals surface area (Å²) in [5, 5.41) is 10.5. The SMILES string of the molecule is CC(O)c1nc2c(N3CCOCC3)nc(Cl)nc2s1. The van der Waals surface area contributed by atoms with Crippen LogP contribution < -0.4 is 4.90 Å². The zero-order chi connectivity index (χ0) is 13.4. The van der Waals surface area contributed by atoms with E-state index in [2.05, 4.69) is 19.9 Å². The first-order valence-corrected chi connectivity index (χ1v) is 7.19.